The summed E-state index contributed by atoms with van der Waals surface area (Å²) in [5.74, 6) is 0.773. The fourth-order valence-corrected chi connectivity index (χ4v) is 1.03. The van der Waals surface area contributed by atoms with Crippen molar-refractivity contribution in [1.82, 2.24) is 0 Å². The van der Waals surface area contributed by atoms with E-state index in [0.29, 0.717) is 0 Å². The van der Waals surface area contributed by atoms with E-state index in [1.54, 1.807) is 21.1 Å². The first kappa shape index (κ1) is 30.0. The summed E-state index contributed by atoms with van der Waals surface area (Å²) in [4.78, 5) is 0. The first-order chi connectivity index (χ1) is 10.0. The zero-order valence-corrected chi connectivity index (χ0v) is 17.7. The molecule has 0 saturated carbocycles. The first-order valence-corrected chi connectivity index (χ1v) is 7.96. The molecule has 1 rings (SSSR count). The van der Waals surface area contributed by atoms with Gasteiger partial charge < -0.3 is 16.0 Å². The minimum absolute atomic E-state index is 0. The van der Waals surface area contributed by atoms with Gasteiger partial charge in [-0.25, -0.2) is 11.6 Å². The van der Waals surface area contributed by atoms with Crippen LogP contribution in [0.25, 0.3) is 16.0 Å². The molecule has 0 atom stereocenters. The number of nitrogens with zero attached hydrogens (tertiary/aromatic N) is 3. The summed E-state index contributed by atoms with van der Waals surface area (Å²) in [6.45, 7) is 13.3. The van der Waals surface area contributed by atoms with Gasteiger partial charge in [-0.15, -0.1) is 6.42 Å². The summed E-state index contributed by atoms with van der Waals surface area (Å²) in [5, 5.41) is 11.2. The van der Waals surface area contributed by atoms with Crippen molar-refractivity contribution >= 4 is 0 Å². The van der Waals surface area contributed by atoms with Crippen LogP contribution >= 0.6 is 0 Å². The fourth-order valence-electron chi connectivity index (χ4n) is 1.03. The summed E-state index contributed by atoms with van der Waals surface area (Å²) < 4.78 is 0. The van der Waals surface area contributed by atoms with Gasteiger partial charge in [-0.05, 0) is 5.92 Å². The van der Waals surface area contributed by atoms with Gasteiger partial charge in [0.15, 0.2) is 0 Å². The second-order valence-corrected chi connectivity index (χ2v) is 4.80. The number of rotatable bonds is 5. The van der Waals surface area contributed by atoms with Crippen molar-refractivity contribution in [3.8, 4) is 0 Å². The predicted molar refractivity (Wildman–Crippen MR) is 99.4 cm³/mol. The van der Waals surface area contributed by atoms with Gasteiger partial charge in [0.2, 0.25) is 0 Å². The topological polar surface area (TPSA) is 42.3 Å². The summed E-state index contributed by atoms with van der Waals surface area (Å²) in [5.41, 5.74) is 1.39. The van der Waals surface area contributed by atoms with E-state index in [1.807, 2.05) is 20.8 Å². The van der Waals surface area contributed by atoms with Crippen molar-refractivity contribution < 1.29 is 21.7 Å². The number of allylic oxidation sites excluding steroid dienone is 4. The number of hydrogen-bond acceptors (Lipinski definition) is 0. The molecule has 0 aromatic carbocycles. The molecule has 0 heterocycles. The van der Waals surface area contributed by atoms with Gasteiger partial charge in [-0.3, -0.25) is 6.08 Å². The molecule has 0 bridgehead atoms. The van der Waals surface area contributed by atoms with Gasteiger partial charge in [-0.2, -0.15) is 46.9 Å². The summed E-state index contributed by atoms with van der Waals surface area (Å²) in [6.07, 6.45) is 9.86. The van der Waals surface area contributed by atoms with Crippen LogP contribution < -0.4 is 0 Å². The molecule has 0 spiro atoms. The Morgan fingerprint density at radius 1 is 0.955 bits per heavy atom. The van der Waals surface area contributed by atoms with E-state index in [-0.39, 0.29) is 21.7 Å². The maximum absolute atomic E-state index is 3.74. The maximum atomic E-state index is 3.74. The third-order valence-corrected chi connectivity index (χ3v) is 2.34. The van der Waals surface area contributed by atoms with Crippen LogP contribution in [0.4, 0.5) is 0 Å². The Balaban J connectivity index is -0.000000107. The molecule has 22 heavy (non-hydrogen) atoms. The minimum atomic E-state index is 0. The Kier molecular flexibility index (Phi) is 39.7. The zero-order valence-electron chi connectivity index (χ0n) is 16.1. The van der Waals surface area contributed by atoms with Crippen LogP contribution in [-0.2, 0) is 21.7 Å². The molecule has 0 aromatic rings. The Hall–Kier alpha value is 0.0743. The monoisotopic (exact) mass is 343 g/mol. The normalized spacial score (nSPS) is 11.0. The molecule has 0 aromatic heterocycles. The summed E-state index contributed by atoms with van der Waals surface area (Å²) >= 11 is 0. The molecular weight excluding hydrogens is 306 g/mol. The average Bonchev–Trinajstić information content (AvgIpc) is 3.00. The molecule has 0 radical (unpaired) electrons. The summed E-state index contributed by atoms with van der Waals surface area (Å²) in [7, 11) is 5.42. The van der Waals surface area contributed by atoms with E-state index in [1.165, 1.54) is 12.0 Å². The third kappa shape index (κ3) is 36.9. The molecule has 128 valence electrons. The third-order valence-electron chi connectivity index (χ3n) is 2.34. The van der Waals surface area contributed by atoms with Crippen molar-refractivity contribution in [2.45, 2.75) is 47.5 Å². The van der Waals surface area contributed by atoms with Crippen LogP contribution in [0.3, 0.4) is 0 Å². The molecular formula is C18H37N3Ti. The summed E-state index contributed by atoms with van der Waals surface area (Å²) in [6, 6.07) is 0. The largest absolute Gasteiger partial charge is 4.00 e. The molecule has 0 aliphatic heterocycles. The van der Waals surface area contributed by atoms with Crippen LogP contribution in [0.2, 0.25) is 0 Å². The van der Waals surface area contributed by atoms with Crippen LogP contribution in [0.1, 0.15) is 47.5 Å². The quantitative estimate of drug-likeness (QED) is 0.451. The standard InChI is InChI=1S/C9H13.3C3H8N.Ti/c1-8(2)7-9-5-3-4-6-9;3*1-3-4-2;/h3,5,8H,4,7H2,1-2H3;3*3H2,1-2H3;/q4*-1;+4. The Labute approximate surface area is 155 Å². The molecule has 3 nitrogen and oxygen atoms in total. The van der Waals surface area contributed by atoms with Gasteiger partial charge in [0, 0.05) is 0 Å². The van der Waals surface area contributed by atoms with E-state index in [9.17, 15) is 0 Å². The van der Waals surface area contributed by atoms with Gasteiger partial charge in [0.1, 0.15) is 0 Å². The molecule has 0 amide bonds. The minimum Gasteiger partial charge on any atom is -0.665 e. The zero-order chi connectivity index (χ0) is 16.9. The van der Waals surface area contributed by atoms with E-state index < -0.39 is 0 Å². The van der Waals surface area contributed by atoms with Gasteiger partial charge in [0.25, 0.3) is 0 Å². The Morgan fingerprint density at radius 3 is 1.50 bits per heavy atom. The van der Waals surface area contributed by atoms with Gasteiger partial charge >= 0.3 is 21.7 Å². The van der Waals surface area contributed by atoms with Gasteiger partial charge in [0.05, 0.1) is 0 Å². The fraction of sp³-hybridized carbons (Fsp3) is 0.778. The predicted octanol–water partition coefficient (Wildman–Crippen LogP) is 5.75. The van der Waals surface area contributed by atoms with Crippen LogP contribution in [0, 0.1) is 12.0 Å². The van der Waals surface area contributed by atoms with Crippen molar-refractivity contribution in [3.05, 3.63) is 39.8 Å². The first-order valence-electron chi connectivity index (χ1n) is 7.96. The van der Waals surface area contributed by atoms with Crippen LogP contribution in [0.15, 0.2) is 17.7 Å². The van der Waals surface area contributed by atoms with Gasteiger partial charge in [-0.1, -0.05) is 41.0 Å². The van der Waals surface area contributed by atoms with E-state index in [4.69, 9.17) is 0 Å². The average molecular weight is 343 g/mol. The van der Waals surface area contributed by atoms with E-state index >= 15 is 0 Å². The Bertz CT molecular complexity index is 211. The number of hydrogen-bond donors (Lipinski definition) is 0. The molecule has 4 heteroatoms. The van der Waals surface area contributed by atoms with Crippen molar-refractivity contribution in [3.63, 3.8) is 0 Å². The second kappa shape index (κ2) is 29.1. The Morgan fingerprint density at radius 2 is 1.32 bits per heavy atom. The molecule has 0 N–H and O–H groups in total. The smallest absolute Gasteiger partial charge is 0.665 e. The second-order valence-electron chi connectivity index (χ2n) is 4.80. The van der Waals surface area contributed by atoms with E-state index in [2.05, 4.69) is 48.0 Å². The van der Waals surface area contributed by atoms with Crippen LogP contribution in [0.5, 0.6) is 0 Å². The maximum Gasteiger partial charge on any atom is 4.00 e. The molecule has 0 saturated heterocycles. The molecule has 0 fully saturated rings. The van der Waals surface area contributed by atoms with Crippen molar-refractivity contribution in [1.29, 1.82) is 0 Å². The van der Waals surface area contributed by atoms with Crippen LogP contribution in [-0.4, -0.2) is 40.8 Å². The molecule has 1 aliphatic rings. The molecule has 0 unspecified atom stereocenters. The van der Waals surface area contributed by atoms with E-state index in [0.717, 1.165) is 32.0 Å². The molecule has 1 aliphatic carbocycles. The van der Waals surface area contributed by atoms with Crippen molar-refractivity contribution in [2.75, 3.05) is 40.8 Å². The van der Waals surface area contributed by atoms with Crippen molar-refractivity contribution in [2.24, 2.45) is 5.92 Å². The SMILES string of the molecule is CC(C)CC1=[C-]CC=C1.CC[N-]C.CC[N-]C.CC[N-]C.[Ti+4].